The lowest BCUT2D eigenvalue weighted by atomic mass is 10.2. The molecule has 0 radical (unpaired) electrons. The molecular weight excluding hydrogens is 206 g/mol. The molecule has 84 valence electrons. The van der Waals surface area contributed by atoms with Crippen LogP contribution in [0.5, 0.6) is 0 Å². The average molecular weight is 223 g/mol. The topological polar surface area (TPSA) is 66.8 Å². The Morgan fingerprint density at radius 1 is 1.57 bits per heavy atom. The van der Waals surface area contributed by atoms with Gasteiger partial charge in [-0.25, -0.2) is 8.42 Å². The van der Waals surface area contributed by atoms with E-state index in [-0.39, 0.29) is 25.0 Å². The van der Waals surface area contributed by atoms with Crippen LogP contribution in [0.2, 0.25) is 0 Å². The van der Waals surface area contributed by atoms with Gasteiger partial charge in [-0.1, -0.05) is 0 Å². The number of aliphatic hydroxyl groups excluding tert-OH is 1. The monoisotopic (exact) mass is 223 g/mol. The summed E-state index contributed by atoms with van der Waals surface area (Å²) in [5.41, 5.74) is 0. The Hall–Kier alpha value is -0.170. The number of hydrogen-bond acceptors (Lipinski definition) is 4. The number of methoxy groups -OCH3 is 1. The van der Waals surface area contributed by atoms with Crippen LogP contribution in [0, 0.1) is 0 Å². The zero-order chi connectivity index (χ0) is 10.6. The van der Waals surface area contributed by atoms with Crippen molar-refractivity contribution < 1.29 is 18.3 Å². The van der Waals surface area contributed by atoms with Crippen molar-refractivity contribution in [2.75, 3.05) is 32.6 Å². The van der Waals surface area contributed by atoms with Gasteiger partial charge in [0, 0.05) is 19.7 Å². The maximum atomic E-state index is 11.7. The van der Waals surface area contributed by atoms with E-state index in [0.29, 0.717) is 6.54 Å². The van der Waals surface area contributed by atoms with Crippen LogP contribution in [0.1, 0.15) is 12.8 Å². The van der Waals surface area contributed by atoms with Crippen molar-refractivity contribution >= 4 is 10.0 Å². The van der Waals surface area contributed by atoms with Gasteiger partial charge in [-0.05, 0) is 12.8 Å². The summed E-state index contributed by atoms with van der Waals surface area (Å²) in [5.74, 6) is 0. The Labute approximate surface area is 84.7 Å². The molecule has 1 aliphatic heterocycles. The molecule has 1 aliphatic rings. The Kier molecular flexibility index (Phi) is 4.31. The van der Waals surface area contributed by atoms with E-state index < -0.39 is 10.0 Å². The molecule has 1 heterocycles. The molecule has 5 nitrogen and oxygen atoms in total. The van der Waals surface area contributed by atoms with Gasteiger partial charge in [-0.2, -0.15) is 4.31 Å². The lowest BCUT2D eigenvalue weighted by Gasteiger charge is -2.21. The number of nitrogens with zero attached hydrogens (tertiary/aromatic N) is 1. The first-order valence-corrected chi connectivity index (χ1v) is 6.32. The van der Waals surface area contributed by atoms with Crippen molar-refractivity contribution in [3.63, 3.8) is 0 Å². The quantitative estimate of drug-likeness (QED) is 0.677. The molecule has 1 N–H and O–H groups in total. The third kappa shape index (κ3) is 2.66. The maximum absolute atomic E-state index is 11.7. The molecule has 14 heavy (non-hydrogen) atoms. The fourth-order valence-electron chi connectivity index (χ4n) is 1.66. The summed E-state index contributed by atoms with van der Waals surface area (Å²) in [6.07, 6.45) is 1.58. The number of rotatable bonds is 5. The van der Waals surface area contributed by atoms with Gasteiger partial charge in [0.2, 0.25) is 10.0 Å². The molecule has 6 heteroatoms. The van der Waals surface area contributed by atoms with E-state index in [0.717, 1.165) is 12.8 Å². The van der Waals surface area contributed by atoms with Gasteiger partial charge in [-0.15, -0.1) is 0 Å². The number of hydrogen-bond donors (Lipinski definition) is 1. The van der Waals surface area contributed by atoms with Crippen LogP contribution < -0.4 is 0 Å². The molecular formula is C8H17NO4S. The molecule has 1 atom stereocenters. The summed E-state index contributed by atoms with van der Waals surface area (Å²) in [6.45, 7) is 0.639. The van der Waals surface area contributed by atoms with E-state index in [1.807, 2.05) is 0 Å². The predicted octanol–water partition coefficient (Wildman–Crippen LogP) is -0.581. The van der Waals surface area contributed by atoms with E-state index >= 15 is 0 Å². The molecule has 0 unspecified atom stereocenters. The molecule has 0 aromatic rings. The summed E-state index contributed by atoms with van der Waals surface area (Å²) in [7, 11) is -1.76. The zero-order valence-electron chi connectivity index (χ0n) is 8.35. The Balaban J connectivity index is 2.61. The van der Waals surface area contributed by atoms with E-state index in [9.17, 15) is 8.42 Å². The van der Waals surface area contributed by atoms with Gasteiger partial charge in [0.05, 0.1) is 19.0 Å². The Bertz CT molecular complexity index is 265. The lowest BCUT2D eigenvalue weighted by Crippen LogP contribution is -2.39. The van der Waals surface area contributed by atoms with Gasteiger partial charge >= 0.3 is 0 Å². The number of aliphatic hydroxyl groups is 1. The molecule has 0 spiro atoms. The molecule has 0 saturated carbocycles. The normalized spacial score (nSPS) is 24.3. The van der Waals surface area contributed by atoms with Crippen molar-refractivity contribution in [2.24, 2.45) is 0 Å². The summed E-state index contributed by atoms with van der Waals surface area (Å²) in [6, 6.07) is -0.225. The second-order valence-electron chi connectivity index (χ2n) is 3.40. The standard InChI is InChI=1S/C8H17NO4S/c1-13-5-6-14(11,12)9-4-2-3-8(9)7-10/h8,10H,2-7H2,1H3/t8-/m1/s1. The molecule has 0 bridgehead atoms. The lowest BCUT2D eigenvalue weighted by molar-refractivity contribution is 0.204. The van der Waals surface area contributed by atoms with Crippen LogP contribution >= 0.6 is 0 Å². The van der Waals surface area contributed by atoms with E-state index in [1.165, 1.54) is 11.4 Å². The third-order valence-corrected chi connectivity index (χ3v) is 4.31. The molecule has 1 saturated heterocycles. The Morgan fingerprint density at radius 2 is 2.29 bits per heavy atom. The fourth-order valence-corrected chi connectivity index (χ4v) is 3.31. The molecule has 0 amide bonds. The third-order valence-electron chi connectivity index (χ3n) is 2.44. The second kappa shape index (κ2) is 5.06. The fraction of sp³-hybridized carbons (Fsp3) is 1.00. The minimum atomic E-state index is -3.24. The van der Waals surface area contributed by atoms with Crippen molar-refractivity contribution in [2.45, 2.75) is 18.9 Å². The molecule has 0 aromatic carbocycles. The summed E-state index contributed by atoms with van der Waals surface area (Å²) >= 11 is 0. The summed E-state index contributed by atoms with van der Waals surface area (Å²) in [4.78, 5) is 0. The van der Waals surface area contributed by atoms with Crippen LogP contribution in [0.15, 0.2) is 0 Å². The van der Waals surface area contributed by atoms with Gasteiger partial charge in [0.15, 0.2) is 0 Å². The highest BCUT2D eigenvalue weighted by molar-refractivity contribution is 7.89. The van der Waals surface area contributed by atoms with E-state index in [4.69, 9.17) is 9.84 Å². The van der Waals surface area contributed by atoms with Crippen molar-refractivity contribution in [1.82, 2.24) is 4.31 Å². The largest absolute Gasteiger partial charge is 0.395 e. The summed E-state index contributed by atoms with van der Waals surface area (Å²) in [5, 5.41) is 8.99. The van der Waals surface area contributed by atoms with Gasteiger partial charge < -0.3 is 9.84 Å². The predicted molar refractivity (Wildman–Crippen MR) is 52.5 cm³/mol. The van der Waals surface area contributed by atoms with Crippen molar-refractivity contribution in [3.05, 3.63) is 0 Å². The van der Waals surface area contributed by atoms with Gasteiger partial charge in [0.1, 0.15) is 0 Å². The van der Waals surface area contributed by atoms with Crippen LogP contribution in [0.25, 0.3) is 0 Å². The highest BCUT2D eigenvalue weighted by Gasteiger charge is 2.33. The summed E-state index contributed by atoms with van der Waals surface area (Å²) < 4.78 is 29.5. The minimum absolute atomic E-state index is 0. The first-order valence-electron chi connectivity index (χ1n) is 4.71. The van der Waals surface area contributed by atoms with Gasteiger partial charge in [-0.3, -0.25) is 0 Å². The second-order valence-corrected chi connectivity index (χ2v) is 5.44. The number of ether oxygens (including phenoxy) is 1. The van der Waals surface area contributed by atoms with Crippen molar-refractivity contribution in [3.8, 4) is 0 Å². The van der Waals surface area contributed by atoms with E-state index in [1.54, 1.807) is 0 Å². The molecule has 1 fully saturated rings. The molecule has 0 aliphatic carbocycles. The highest BCUT2D eigenvalue weighted by atomic mass is 32.2. The first-order chi connectivity index (χ1) is 6.61. The zero-order valence-corrected chi connectivity index (χ0v) is 9.16. The van der Waals surface area contributed by atoms with Crippen LogP contribution in [-0.2, 0) is 14.8 Å². The van der Waals surface area contributed by atoms with Crippen molar-refractivity contribution in [1.29, 1.82) is 0 Å². The average Bonchev–Trinajstić information content (AvgIpc) is 2.63. The van der Waals surface area contributed by atoms with Crippen LogP contribution in [0.3, 0.4) is 0 Å². The number of sulfonamides is 1. The van der Waals surface area contributed by atoms with Crippen LogP contribution in [0.4, 0.5) is 0 Å². The minimum Gasteiger partial charge on any atom is -0.395 e. The Morgan fingerprint density at radius 3 is 2.86 bits per heavy atom. The SMILES string of the molecule is COCCS(=O)(=O)N1CCC[C@@H]1CO. The van der Waals surface area contributed by atoms with Gasteiger partial charge in [0.25, 0.3) is 0 Å². The van der Waals surface area contributed by atoms with E-state index in [2.05, 4.69) is 0 Å². The van der Waals surface area contributed by atoms with Crippen LogP contribution in [-0.4, -0.2) is 56.5 Å². The molecule has 0 aromatic heterocycles. The first kappa shape index (κ1) is 11.9. The molecule has 1 rings (SSSR count). The highest BCUT2D eigenvalue weighted by Crippen LogP contribution is 2.20. The maximum Gasteiger partial charge on any atom is 0.216 e. The smallest absolute Gasteiger partial charge is 0.216 e.